The normalized spacial score (nSPS) is 23.7. The van der Waals surface area contributed by atoms with Crippen LogP contribution in [0.25, 0.3) is 0 Å². The average Bonchev–Trinajstić information content (AvgIpc) is 2.75. The molecule has 1 aromatic heterocycles. The molecule has 1 N–H and O–H groups in total. The van der Waals surface area contributed by atoms with Gasteiger partial charge < -0.3 is 5.32 Å². The van der Waals surface area contributed by atoms with Gasteiger partial charge in [0.15, 0.2) is 9.84 Å². The van der Waals surface area contributed by atoms with Crippen LogP contribution in [0.3, 0.4) is 0 Å². The highest BCUT2D eigenvalue weighted by Crippen LogP contribution is 2.24. The van der Waals surface area contributed by atoms with Gasteiger partial charge in [-0.15, -0.1) is 11.3 Å². The molecular formula is C10H16N2O2S2. The SMILES string of the molecule is CNCc1cnc(CC2CCS(=O)(=O)C2)s1. The molecule has 16 heavy (non-hydrogen) atoms. The lowest BCUT2D eigenvalue weighted by molar-refractivity contribution is 0.582. The van der Waals surface area contributed by atoms with E-state index in [4.69, 9.17) is 0 Å². The van der Waals surface area contributed by atoms with E-state index in [1.165, 1.54) is 4.88 Å². The number of aromatic nitrogens is 1. The maximum absolute atomic E-state index is 11.3. The van der Waals surface area contributed by atoms with Crippen LogP contribution in [0.5, 0.6) is 0 Å². The number of hydrogen-bond acceptors (Lipinski definition) is 5. The summed E-state index contributed by atoms with van der Waals surface area (Å²) in [6.07, 6.45) is 3.48. The molecule has 2 rings (SSSR count). The molecule has 0 bridgehead atoms. The molecule has 1 saturated heterocycles. The molecule has 0 spiro atoms. The summed E-state index contributed by atoms with van der Waals surface area (Å²) in [5.41, 5.74) is 0. The van der Waals surface area contributed by atoms with Crippen LogP contribution in [0.4, 0.5) is 0 Å². The van der Waals surface area contributed by atoms with Crippen molar-refractivity contribution in [2.75, 3.05) is 18.6 Å². The predicted octanol–water partition coefficient (Wildman–Crippen LogP) is 0.840. The Morgan fingerprint density at radius 3 is 3.06 bits per heavy atom. The van der Waals surface area contributed by atoms with Crippen LogP contribution in [0.2, 0.25) is 0 Å². The lowest BCUT2D eigenvalue weighted by Gasteiger charge is -2.03. The highest BCUT2D eigenvalue weighted by Gasteiger charge is 2.28. The Balaban J connectivity index is 1.94. The summed E-state index contributed by atoms with van der Waals surface area (Å²) < 4.78 is 22.6. The summed E-state index contributed by atoms with van der Waals surface area (Å²) in [4.78, 5) is 5.54. The predicted molar refractivity (Wildman–Crippen MR) is 65.3 cm³/mol. The van der Waals surface area contributed by atoms with Gasteiger partial charge in [-0.2, -0.15) is 0 Å². The van der Waals surface area contributed by atoms with Crippen molar-refractivity contribution >= 4 is 21.2 Å². The Bertz CT molecular complexity index is 453. The molecule has 6 heteroatoms. The van der Waals surface area contributed by atoms with Gasteiger partial charge >= 0.3 is 0 Å². The van der Waals surface area contributed by atoms with E-state index in [1.807, 2.05) is 13.2 Å². The van der Waals surface area contributed by atoms with Crippen LogP contribution in [0, 0.1) is 5.92 Å². The van der Waals surface area contributed by atoms with E-state index in [2.05, 4.69) is 10.3 Å². The molecule has 1 aliphatic heterocycles. The van der Waals surface area contributed by atoms with Crippen molar-refractivity contribution in [1.82, 2.24) is 10.3 Å². The molecule has 1 aliphatic rings. The third-order valence-electron chi connectivity index (χ3n) is 2.74. The summed E-state index contributed by atoms with van der Waals surface area (Å²) in [7, 11) is -0.849. The molecule has 1 unspecified atom stereocenters. The van der Waals surface area contributed by atoms with Crippen molar-refractivity contribution in [1.29, 1.82) is 0 Å². The van der Waals surface area contributed by atoms with Crippen molar-refractivity contribution in [2.45, 2.75) is 19.4 Å². The lowest BCUT2D eigenvalue weighted by atomic mass is 10.1. The fourth-order valence-electron chi connectivity index (χ4n) is 1.98. The third-order valence-corrected chi connectivity index (χ3v) is 5.60. The topological polar surface area (TPSA) is 59.1 Å². The molecule has 1 aromatic rings. The van der Waals surface area contributed by atoms with E-state index in [-0.39, 0.29) is 5.92 Å². The number of rotatable bonds is 4. The van der Waals surface area contributed by atoms with E-state index in [9.17, 15) is 8.42 Å². The van der Waals surface area contributed by atoms with Crippen molar-refractivity contribution in [2.24, 2.45) is 5.92 Å². The van der Waals surface area contributed by atoms with E-state index in [0.29, 0.717) is 11.5 Å². The van der Waals surface area contributed by atoms with E-state index in [1.54, 1.807) is 11.3 Å². The zero-order valence-electron chi connectivity index (χ0n) is 9.27. The minimum atomic E-state index is -2.75. The highest BCUT2D eigenvalue weighted by molar-refractivity contribution is 7.91. The van der Waals surface area contributed by atoms with E-state index >= 15 is 0 Å². The monoisotopic (exact) mass is 260 g/mol. The van der Waals surface area contributed by atoms with Crippen LogP contribution in [-0.2, 0) is 22.8 Å². The van der Waals surface area contributed by atoms with Crippen LogP contribution >= 0.6 is 11.3 Å². The number of nitrogens with one attached hydrogen (secondary N) is 1. The van der Waals surface area contributed by atoms with Gasteiger partial charge in [-0.3, -0.25) is 0 Å². The molecular weight excluding hydrogens is 244 g/mol. The molecule has 90 valence electrons. The molecule has 0 aromatic carbocycles. The minimum absolute atomic E-state index is 0.276. The largest absolute Gasteiger partial charge is 0.315 e. The van der Waals surface area contributed by atoms with Crippen molar-refractivity contribution in [3.8, 4) is 0 Å². The van der Waals surface area contributed by atoms with Crippen molar-refractivity contribution in [3.63, 3.8) is 0 Å². The molecule has 4 nitrogen and oxygen atoms in total. The van der Waals surface area contributed by atoms with Gasteiger partial charge in [0.1, 0.15) is 0 Å². The quantitative estimate of drug-likeness (QED) is 0.871. The summed E-state index contributed by atoms with van der Waals surface area (Å²) in [5, 5.41) is 4.14. The summed E-state index contributed by atoms with van der Waals surface area (Å²) in [6, 6.07) is 0. The second-order valence-electron chi connectivity index (χ2n) is 4.22. The Hall–Kier alpha value is -0.460. The first-order valence-electron chi connectivity index (χ1n) is 5.37. The van der Waals surface area contributed by atoms with Gasteiger partial charge in [0.2, 0.25) is 0 Å². The number of thiazole rings is 1. The lowest BCUT2D eigenvalue weighted by Crippen LogP contribution is -2.07. The van der Waals surface area contributed by atoms with Crippen molar-refractivity contribution in [3.05, 3.63) is 16.1 Å². The van der Waals surface area contributed by atoms with E-state index in [0.717, 1.165) is 24.4 Å². The Kier molecular flexibility index (Phi) is 3.61. The fourth-order valence-corrected chi connectivity index (χ4v) is 4.89. The first-order chi connectivity index (χ1) is 7.59. The Labute approximate surface area is 100 Å². The molecule has 0 aliphatic carbocycles. The van der Waals surface area contributed by atoms with Gasteiger partial charge in [-0.1, -0.05) is 0 Å². The first kappa shape index (κ1) is 12.0. The second-order valence-corrected chi connectivity index (χ2v) is 7.65. The molecule has 0 amide bonds. The zero-order chi connectivity index (χ0) is 11.6. The smallest absolute Gasteiger partial charge is 0.150 e. The van der Waals surface area contributed by atoms with Crippen LogP contribution in [0.1, 0.15) is 16.3 Å². The zero-order valence-corrected chi connectivity index (χ0v) is 10.9. The van der Waals surface area contributed by atoms with Crippen LogP contribution in [-0.4, -0.2) is 32.0 Å². The standard InChI is InChI=1S/C10H16N2O2S2/c1-11-5-9-6-12-10(15-9)4-8-2-3-16(13,14)7-8/h6,8,11H,2-5,7H2,1H3. The third kappa shape index (κ3) is 3.02. The Morgan fingerprint density at radius 2 is 2.44 bits per heavy atom. The summed E-state index contributed by atoms with van der Waals surface area (Å²) in [6.45, 7) is 0.834. The maximum Gasteiger partial charge on any atom is 0.150 e. The van der Waals surface area contributed by atoms with Crippen LogP contribution in [0.15, 0.2) is 6.20 Å². The van der Waals surface area contributed by atoms with Crippen LogP contribution < -0.4 is 5.32 Å². The van der Waals surface area contributed by atoms with Gasteiger partial charge in [-0.25, -0.2) is 13.4 Å². The molecule has 0 radical (unpaired) electrons. The summed E-state index contributed by atoms with van der Waals surface area (Å²) >= 11 is 1.68. The number of hydrogen-bond donors (Lipinski definition) is 1. The highest BCUT2D eigenvalue weighted by atomic mass is 32.2. The molecule has 1 fully saturated rings. The maximum atomic E-state index is 11.3. The molecule has 1 atom stereocenters. The molecule has 0 saturated carbocycles. The second kappa shape index (κ2) is 4.81. The van der Waals surface area contributed by atoms with Gasteiger partial charge in [0.25, 0.3) is 0 Å². The van der Waals surface area contributed by atoms with Gasteiger partial charge in [-0.05, 0) is 19.4 Å². The molecule has 2 heterocycles. The summed E-state index contributed by atoms with van der Waals surface area (Å²) in [5.74, 6) is 0.971. The van der Waals surface area contributed by atoms with Crippen molar-refractivity contribution < 1.29 is 8.42 Å². The number of sulfone groups is 1. The number of nitrogens with zero attached hydrogens (tertiary/aromatic N) is 1. The Morgan fingerprint density at radius 1 is 1.62 bits per heavy atom. The fraction of sp³-hybridized carbons (Fsp3) is 0.700. The first-order valence-corrected chi connectivity index (χ1v) is 8.01. The van der Waals surface area contributed by atoms with E-state index < -0.39 is 9.84 Å². The van der Waals surface area contributed by atoms with Gasteiger partial charge in [0.05, 0.1) is 16.5 Å². The average molecular weight is 260 g/mol. The van der Waals surface area contributed by atoms with Gasteiger partial charge in [0, 0.05) is 24.0 Å². The minimum Gasteiger partial charge on any atom is -0.315 e.